The van der Waals surface area contributed by atoms with Crippen molar-refractivity contribution in [1.82, 2.24) is 0 Å². The van der Waals surface area contributed by atoms with Gasteiger partial charge in [-0.05, 0) is 22.3 Å². The number of rotatable bonds is 1. The van der Waals surface area contributed by atoms with Crippen molar-refractivity contribution in [3.63, 3.8) is 0 Å². The Hall–Kier alpha value is -1.34. The van der Waals surface area contributed by atoms with Gasteiger partial charge in [-0.1, -0.05) is 73.6 Å². The van der Waals surface area contributed by atoms with Crippen LogP contribution in [0.25, 0.3) is 11.1 Å². The molecule has 0 spiro atoms. The highest BCUT2D eigenvalue weighted by atomic mass is 28.3. The Labute approximate surface area is 110 Å². The Balaban J connectivity index is 1.98. The molecule has 0 atom stereocenters. The second kappa shape index (κ2) is 3.58. The van der Waals surface area contributed by atoms with E-state index in [9.17, 15) is 0 Å². The molecule has 0 nitrogen and oxygen atoms in total. The molecule has 0 aromatic heterocycles. The topological polar surface area (TPSA) is 0 Å². The Morgan fingerprint density at radius 2 is 1.33 bits per heavy atom. The van der Waals surface area contributed by atoms with Gasteiger partial charge in [0.2, 0.25) is 0 Å². The van der Waals surface area contributed by atoms with Crippen molar-refractivity contribution in [2.45, 2.75) is 30.6 Å². The monoisotopic (exact) mass is 250 g/mol. The zero-order valence-electron chi connectivity index (χ0n) is 10.8. The molecule has 1 fully saturated rings. The molecule has 1 aliphatic carbocycles. The molecule has 1 heterocycles. The highest BCUT2D eigenvalue weighted by molar-refractivity contribution is 6.83. The van der Waals surface area contributed by atoms with Crippen molar-refractivity contribution in [2.24, 2.45) is 0 Å². The minimum Gasteiger partial charge on any atom is -0.0684 e. The summed E-state index contributed by atoms with van der Waals surface area (Å²) >= 11 is 0. The van der Waals surface area contributed by atoms with Crippen LogP contribution >= 0.6 is 0 Å². The summed E-state index contributed by atoms with van der Waals surface area (Å²) in [6.45, 7) is 2.61. The van der Waals surface area contributed by atoms with Crippen LogP contribution in [0, 0.1) is 0 Å². The SMILES string of the molecule is C[Si]1(C2c3ccccc3-c3ccccc32)CCC1. The Morgan fingerprint density at radius 1 is 0.833 bits per heavy atom. The zero-order valence-corrected chi connectivity index (χ0v) is 11.8. The van der Waals surface area contributed by atoms with E-state index < -0.39 is 8.07 Å². The zero-order chi connectivity index (χ0) is 12.2. The van der Waals surface area contributed by atoms with E-state index in [4.69, 9.17) is 0 Å². The van der Waals surface area contributed by atoms with E-state index in [1.807, 2.05) is 0 Å². The van der Waals surface area contributed by atoms with Crippen LogP contribution in [0.5, 0.6) is 0 Å². The molecule has 1 saturated heterocycles. The maximum atomic E-state index is 2.61. The lowest BCUT2D eigenvalue weighted by atomic mass is 10.1. The van der Waals surface area contributed by atoms with Gasteiger partial charge in [0.15, 0.2) is 0 Å². The van der Waals surface area contributed by atoms with E-state index in [1.165, 1.54) is 29.6 Å². The summed E-state index contributed by atoms with van der Waals surface area (Å²) in [7, 11) is -1.07. The van der Waals surface area contributed by atoms with Crippen molar-refractivity contribution in [3.05, 3.63) is 59.7 Å². The second-order valence-electron chi connectivity index (χ2n) is 6.12. The summed E-state index contributed by atoms with van der Waals surface area (Å²) in [5.74, 6) is 0. The van der Waals surface area contributed by atoms with Gasteiger partial charge in [0.05, 0.1) is 8.07 Å². The predicted octanol–water partition coefficient (Wildman–Crippen LogP) is 4.82. The van der Waals surface area contributed by atoms with Crippen molar-refractivity contribution in [1.29, 1.82) is 0 Å². The average Bonchev–Trinajstić information content (AvgIpc) is 2.71. The van der Waals surface area contributed by atoms with Crippen LogP contribution in [-0.4, -0.2) is 8.07 Å². The third-order valence-electron chi connectivity index (χ3n) is 5.03. The highest BCUT2D eigenvalue weighted by Crippen LogP contribution is 2.54. The van der Waals surface area contributed by atoms with Crippen molar-refractivity contribution >= 4 is 8.07 Å². The van der Waals surface area contributed by atoms with Crippen LogP contribution in [-0.2, 0) is 0 Å². The fraction of sp³-hybridized carbons (Fsp3) is 0.294. The molecule has 0 saturated carbocycles. The summed E-state index contributed by atoms with van der Waals surface area (Å²) in [6.07, 6.45) is 1.46. The Morgan fingerprint density at radius 3 is 1.78 bits per heavy atom. The van der Waals surface area contributed by atoms with Gasteiger partial charge >= 0.3 is 0 Å². The number of benzene rings is 2. The van der Waals surface area contributed by atoms with Gasteiger partial charge in [0, 0.05) is 5.54 Å². The molecule has 0 unspecified atom stereocenters. The molecule has 2 aliphatic rings. The van der Waals surface area contributed by atoms with E-state index >= 15 is 0 Å². The van der Waals surface area contributed by atoms with Crippen LogP contribution in [0.4, 0.5) is 0 Å². The Bertz CT molecular complexity index is 565. The summed E-state index contributed by atoms with van der Waals surface area (Å²) in [5, 5.41) is 0. The third-order valence-corrected chi connectivity index (χ3v) is 10.0. The average molecular weight is 250 g/mol. The van der Waals surface area contributed by atoms with E-state index in [-0.39, 0.29) is 0 Å². The molecule has 90 valence electrons. The molecule has 0 radical (unpaired) electrons. The largest absolute Gasteiger partial charge is 0.0684 e. The second-order valence-corrected chi connectivity index (χ2v) is 11.0. The first-order valence-electron chi connectivity index (χ1n) is 6.98. The van der Waals surface area contributed by atoms with E-state index in [0.29, 0.717) is 0 Å². The minimum absolute atomic E-state index is 0.763. The maximum absolute atomic E-state index is 2.61. The van der Waals surface area contributed by atoms with Crippen LogP contribution in [0.15, 0.2) is 48.5 Å². The summed E-state index contributed by atoms with van der Waals surface area (Å²) < 4.78 is 0. The number of hydrogen-bond acceptors (Lipinski definition) is 0. The van der Waals surface area contributed by atoms with E-state index in [1.54, 1.807) is 11.1 Å². The summed E-state index contributed by atoms with van der Waals surface area (Å²) in [6, 6.07) is 21.2. The lowest BCUT2D eigenvalue weighted by molar-refractivity contribution is 0.849. The number of fused-ring (bicyclic) bond motifs is 3. The normalized spacial score (nSPS) is 20.1. The minimum atomic E-state index is -1.07. The van der Waals surface area contributed by atoms with Crippen LogP contribution < -0.4 is 0 Å². The highest BCUT2D eigenvalue weighted by Gasteiger charge is 2.46. The van der Waals surface area contributed by atoms with Crippen molar-refractivity contribution in [2.75, 3.05) is 0 Å². The molecule has 1 heteroatoms. The molecule has 4 rings (SSSR count). The molecular weight excluding hydrogens is 232 g/mol. The molecule has 0 N–H and O–H groups in total. The maximum Gasteiger partial charge on any atom is 0.0634 e. The van der Waals surface area contributed by atoms with Gasteiger partial charge in [-0.2, -0.15) is 0 Å². The predicted molar refractivity (Wildman–Crippen MR) is 79.6 cm³/mol. The van der Waals surface area contributed by atoms with Gasteiger partial charge in [0.25, 0.3) is 0 Å². The van der Waals surface area contributed by atoms with Gasteiger partial charge in [-0.3, -0.25) is 0 Å². The molecule has 1 aliphatic heterocycles. The van der Waals surface area contributed by atoms with Gasteiger partial charge in [-0.15, -0.1) is 0 Å². The molecule has 18 heavy (non-hydrogen) atoms. The van der Waals surface area contributed by atoms with Crippen LogP contribution in [0.3, 0.4) is 0 Å². The van der Waals surface area contributed by atoms with E-state index in [2.05, 4.69) is 55.1 Å². The van der Waals surface area contributed by atoms with Crippen molar-refractivity contribution in [3.8, 4) is 11.1 Å². The molecular formula is C17H18Si. The smallest absolute Gasteiger partial charge is 0.0634 e. The molecule has 2 aromatic carbocycles. The molecule has 0 bridgehead atoms. The molecule has 0 amide bonds. The number of hydrogen-bond donors (Lipinski definition) is 0. The first-order valence-corrected chi connectivity index (χ1v) is 9.97. The lowest BCUT2D eigenvalue weighted by Gasteiger charge is -2.42. The van der Waals surface area contributed by atoms with Crippen molar-refractivity contribution < 1.29 is 0 Å². The molecule has 2 aromatic rings. The summed E-state index contributed by atoms with van der Waals surface area (Å²) in [5.41, 5.74) is 7.00. The first-order chi connectivity index (χ1) is 8.80. The fourth-order valence-corrected chi connectivity index (χ4v) is 7.98. The standard InChI is InChI=1S/C17H18Si/c1-18(11-6-12-18)17-15-9-4-2-7-13(15)14-8-3-5-10-16(14)17/h2-5,7-10,17H,6,11-12H2,1H3. The Kier molecular flexibility index (Phi) is 2.10. The lowest BCUT2D eigenvalue weighted by Crippen LogP contribution is -2.44. The summed E-state index contributed by atoms with van der Waals surface area (Å²) in [4.78, 5) is 0. The van der Waals surface area contributed by atoms with Gasteiger partial charge in [-0.25, -0.2) is 0 Å². The van der Waals surface area contributed by atoms with E-state index in [0.717, 1.165) is 5.54 Å². The quantitative estimate of drug-likeness (QED) is 0.636. The fourth-order valence-electron chi connectivity index (χ4n) is 3.93. The van der Waals surface area contributed by atoms with Gasteiger partial charge in [0.1, 0.15) is 0 Å². The third kappa shape index (κ3) is 1.26. The first kappa shape index (κ1) is 10.6. The van der Waals surface area contributed by atoms with Crippen LogP contribution in [0.1, 0.15) is 23.1 Å². The van der Waals surface area contributed by atoms with Gasteiger partial charge < -0.3 is 0 Å². The van der Waals surface area contributed by atoms with Crippen LogP contribution in [0.2, 0.25) is 18.6 Å².